The third-order valence-electron chi connectivity index (χ3n) is 6.31. The molecule has 0 spiro atoms. The number of hydrogen-bond donors (Lipinski definition) is 1. The fourth-order valence-corrected chi connectivity index (χ4v) is 5.95. The van der Waals surface area contributed by atoms with E-state index in [0.717, 1.165) is 44.7 Å². The zero-order valence-electron chi connectivity index (χ0n) is 21.9. The Balaban J connectivity index is 1.46. The van der Waals surface area contributed by atoms with Gasteiger partial charge in [0.05, 0.1) is 29.4 Å². The molecule has 9 heteroatoms. The van der Waals surface area contributed by atoms with E-state index in [9.17, 15) is 18.1 Å². The first kappa shape index (κ1) is 27.6. The number of hydrogen-bond acceptors (Lipinski definition) is 7. The van der Waals surface area contributed by atoms with Gasteiger partial charge in [-0.3, -0.25) is 0 Å². The summed E-state index contributed by atoms with van der Waals surface area (Å²) in [7, 11) is -4.58. The third-order valence-corrected chi connectivity index (χ3v) is 8.42. The molecule has 0 radical (unpaired) electrons. The molecule has 1 atom stereocenters. The molecule has 0 saturated carbocycles. The largest absolute Gasteiger partial charge is 0.568 e. The van der Waals surface area contributed by atoms with Gasteiger partial charge in [0.15, 0.2) is 0 Å². The van der Waals surface area contributed by atoms with Gasteiger partial charge in [-0.15, -0.1) is 0 Å². The van der Waals surface area contributed by atoms with Gasteiger partial charge >= 0.3 is 0 Å². The lowest BCUT2D eigenvalue weighted by Crippen LogP contribution is -2.08. The van der Waals surface area contributed by atoms with Gasteiger partial charge in [0.25, 0.3) is 5.88 Å². The minimum Gasteiger partial charge on any atom is -0.568 e. The van der Waals surface area contributed by atoms with Crippen LogP contribution in [0.5, 0.6) is 17.4 Å². The van der Waals surface area contributed by atoms with Crippen LogP contribution in [0, 0.1) is 20.8 Å². The Labute approximate surface area is 226 Å². The van der Waals surface area contributed by atoms with Crippen LogP contribution in [0.4, 0.5) is 0 Å². The molecular weight excluding hydrogens is 522 g/mol. The van der Waals surface area contributed by atoms with E-state index in [1.807, 2.05) is 50.2 Å². The zero-order valence-corrected chi connectivity index (χ0v) is 23.5. The molecule has 4 aromatic rings. The highest BCUT2D eigenvalue weighted by molar-refractivity contribution is 7.90. The van der Waals surface area contributed by atoms with Crippen molar-refractivity contribution in [3.05, 3.63) is 82.9 Å². The van der Waals surface area contributed by atoms with Crippen molar-refractivity contribution in [2.24, 2.45) is 0 Å². The highest BCUT2D eigenvalue weighted by Crippen LogP contribution is 2.36. The Morgan fingerprint density at radius 3 is 2.24 bits per heavy atom. The third kappa shape index (κ3) is 6.72. The van der Waals surface area contributed by atoms with Gasteiger partial charge in [0, 0.05) is 16.2 Å². The van der Waals surface area contributed by atoms with Crippen LogP contribution in [0.1, 0.15) is 28.7 Å². The van der Waals surface area contributed by atoms with Crippen molar-refractivity contribution < 1.29 is 27.6 Å². The SMILES string of the molecule is Cc1cc(OCCCS(C)(=O)=O)cc(C)c1-c1cccc(COc2ccc(-c3cc(O)n[s+]3[O-])cc2)c1C. The summed E-state index contributed by atoms with van der Waals surface area (Å²) in [5.74, 6) is 1.29. The Morgan fingerprint density at radius 2 is 1.63 bits per heavy atom. The van der Waals surface area contributed by atoms with Crippen LogP contribution in [-0.4, -0.2) is 41.1 Å². The second-order valence-electron chi connectivity index (χ2n) is 9.37. The summed E-state index contributed by atoms with van der Waals surface area (Å²) in [6.07, 6.45) is 1.69. The summed E-state index contributed by atoms with van der Waals surface area (Å²) in [4.78, 5) is 0.466. The second-order valence-corrected chi connectivity index (χ2v) is 12.8. The van der Waals surface area contributed by atoms with Crippen LogP contribution < -0.4 is 9.47 Å². The fraction of sp³-hybridized carbons (Fsp3) is 0.276. The smallest absolute Gasteiger partial charge is 0.270 e. The van der Waals surface area contributed by atoms with Crippen molar-refractivity contribution in [2.45, 2.75) is 33.8 Å². The number of nitrogens with zero attached hydrogens (tertiary/aromatic N) is 1. The van der Waals surface area contributed by atoms with Gasteiger partial charge in [-0.05, 0) is 97.0 Å². The van der Waals surface area contributed by atoms with Crippen LogP contribution >= 0.6 is 10.9 Å². The maximum Gasteiger partial charge on any atom is 0.270 e. The molecule has 0 fully saturated rings. The number of aromatic nitrogens is 1. The Hall–Kier alpha value is -3.40. The standard InChI is InChI=1S/C29H31NO6S2/c1-19-15-25(35-13-6-14-38(4,33)34)16-20(2)29(19)26-8-5-7-23(21(26)3)18-36-24-11-9-22(10-12-24)27-17-28(31)30-37(27)32/h5,7-12,15-17H,6,13-14,18H2,1-4H3,(H,30,31). The van der Waals surface area contributed by atoms with Crippen LogP contribution in [0.25, 0.3) is 21.6 Å². The number of aryl methyl sites for hydroxylation is 2. The molecule has 1 aromatic heterocycles. The van der Waals surface area contributed by atoms with Crippen molar-refractivity contribution in [2.75, 3.05) is 18.6 Å². The average Bonchev–Trinajstić information content (AvgIpc) is 3.19. The van der Waals surface area contributed by atoms with E-state index in [-0.39, 0.29) is 11.6 Å². The quantitative estimate of drug-likeness (QED) is 0.185. The Morgan fingerprint density at radius 1 is 0.947 bits per heavy atom. The van der Waals surface area contributed by atoms with E-state index in [2.05, 4.69) is 17.4 Å². The molecule has 0 aliphatic heterocycles. The predicted octanol–water partition coefficient (Wildman–Crippen LogP) is 6.17. The monoisotopic (exact) mass is 553 g/mol. The summed E-state index contributed by atoms with van der Waals surface area (Å²) in [6, 6.07) is 18.8. The lowest BCUT2D eigenvalue weighted by atomic mass is 9.90. The van der Waals surface area contributed by atoms with E-state index in [0.29, 0.717) is 30.3 Å². The molecule has 200 valence electrons. The highest BCUT2D eigenvalue weighted by Gasteiger charge is 2.16. The molecule has 0 aliphatic carbocycles. The molecule has 4 rings (SSSR count). The van der Waals surface area contributed by atoms with Gasteiger partial charge in [-0.2, -0.15) is 0 Å². The normalized spacial score (nSPS) is 12.0. The molecule has 0 saturated heterocycles. The maximum atomic E-state index is 12.0. The summed E-state index contributed by atoms with van der Waals surface area (Å²) < 4.78 is 50.1. The summed E-state index contributed by atoms with van der Waals surface area (Å²) >= 11 is 0. The molecule has 0 aliphatic rings. The van der Waals surface area contributed by atoms with Gasteiger partial charge < -0.3 is 19.1 Å². The molecule has 3 aromatic carbocycles. The first-order chi connectivity index (χ1) is 18.0. The van der Waals surface area contributed by atoms with E-state index in [1.165, 1.54) is 12.3 Å². The summed E-state index contributed by atoms with van der Waals surface area (Å²) in [5, 5.41) is 9.47. The lowest BCUT2D eigenvalue weighted by Gasteiger charge is -2.18. The number of aromatic hydroxyl groups is 1. The summed E-state index contributed by atoms with van der Waals surface area (Å²) in [6.45, 7) is 6.92. The number of rotatable bonds is 10. The van der Waals surface area contributed by atoms with Gasteiger partial charge in [0.1, 0.15) is 27.9 Å². The Bertz CT molecular complexity index is 1520. The maximum absolute atomic E-state index is 12.0. The predicted molar refractivity (Wildman–Crippen MR) is 150 cm³/mol. The van der Waals surface area contributed by atoms with Crippen molar-refractivity contribution in [1.82, 2.24) is 4.37 Å². The van der Waals surface area contributed by atoms with E-state index in [4.69, 9.17) is 9.47 Å². The van der Waals surface area contributed by atoms with Crippen LogP contribution in [0.15, 0.2) is 60.7 Å². The first-order valence-electron chi connectivity index (χ1n) is 12.2. The molecule has 1 unspecified atom stereocenters. The van der Waals surface area contributed by atoms with Crippen molar-refractivity contribution in [3.63, 3.8) is 0 Å². The molecule has 7 nitrogen and oxygen atoms in total. The summed E-state index contributed by atoms with van der Waals surface area (Å²) in [5.41, 5.74) is 7.31. The molecular formula is C29H31NO6S2. The minimum absolute atomic E-state index is 0.111. The number of sulfone groups is 1. The van der Waals surface area contributed by atoms with E-state index < -0.39 is 20.8 Å². The number of benzene rings is 3. The highest BCUT2D eigenvalue weighted by atomic mass is 32.2. The molecule has 1 N–H and O–H groups in total. The number of ether oxygens (including phenoxy) is 2. The second kappa shape index (κ2) is 11.6. The molecule has 38 heavy (non-hydrogen) atoms. The van der Waals surface area contributed by atoms with Gasteiger partial charge in [0.2, 0.25) is 4.88 Å². The van der Waals surface area contributed by atoms with Crippen LogP contribution in [0.2, 0.25) is 0 Å². The van der Waals surface area contributed by atoms with E-state index in [1.54, 1.807) is 12.1 Å². The average molecular weight is 554 g/mol. The van der Waals surface area contributed by atoms with Crippen LogP contribution in [0.3, 0.4) is 0 Å². The van der Waals surface area contributed by atoms with Crippen molar-refractivity contribution in [1.29, 1.82) is 0 Å². The van der Waals surface area contributed by atoms with E-state index >= 15 is 0 Å². The molecule has 0 bridgehead atoms. The Kier molecular flexibility index (Phi) is 8.40. The van der Waals surface area contributed by atoms with Crippen molar-refractivity contribution >= 4 is 20.8 Å². The van der Waals surface area contributed by atoms with Gasteiger partial charge in [-0.25, -0.2) is 8.42 Å². The van der Waals surface area contributed by atoms with Crippen LogP contribution in [-0.2, 0) is 16.4 Å². The topological polar surface area (TPSA) is 109 Å². The molecule has 1 heterocycles. The van der Waals surface area contributed by atoms with Crippen molar-refractivity contribution in [3.8, 4) is 38.9 Å². The first-order valence-corrected chi connectivity index (χ1v) is 15.3. The van der Waals surface area contributed by atoms with Gasteiger partial charge in [-0.1, -0.05) is 18.2 Å². The zero-order chi connectivity index (χ0) is 27.4. The fourth-order valence-electron chi connectivity index (χ4n) is 4.44. The lowest BCUT2D eigenvalue weighted by molar-refractivity contribution is 0.305. The minimum atomic E-state index is -2.99. The molecule has 0 amide bonds.